The van der Waals surface area contributed by atoms with E-state index in [4.69, 9.17) is 4.74 Å². The fourth-order valence-corrected chi connectivity index (χ4v) is 4.60. The molecular formula is C22H27N3O3. The number of pyridine rings is 1. The maximum atomic E-state index is 12.6. The molecule has 2 aromatic rings. The molecule has 148 valence electrons. The Bertz CT molecular complexity index is 933. The van der Waals surface area contributed by atoms with Crippen molar-refractivity contribution in [3.05, 3.63) is 52.4 Å². The van der Waals surface area contributed by atoms with Crippen molar-refractivity contribution in [3.8, 4) is 16.9 Å². The zero-order valence-electron chi connectivity index (χ0n) is 16.7. The number of hydrogen-bond acceptors (Lipinski definition) is 4. The van der Waals surface area contributed by atoms with Crippen LogP contribution in [-0.4, -0.2) is 61.1 Å². The van der Waals surface area contributed by atoms with Crippen LogP contribution in [0.5, 0.6) is 5.75 Å². The van der Waals surface area contributed by atoms with Crippen molar-refractivity contribution >= 4 is 5.91 Å². The second-order valence-corrected chi connectivity index (χ2v) is 8.14. The highest BCUT2D eigenvalue weighted by Gasteiger charge is 2.37. The minimum Gasteiger partial charge on any atom is -0.497 e. The number of carbonyl (C=O) groups excluding carboxylic acids is 1. The normalized spacial score (nSPS) is 20.8. The predicted octanol–water partition coefficient (Wildman–Crippen LogP) is 2.03. The lowest BCUT2D eigenvalue weighted by atomic mass is 9.80. The van der Waals surface area contributed by atoms with E-state index in [0.29, 0.717) is 25.6 Å². The average molecular weight is 381 g/mol. The quantitative estimate of drug-likeness (QED) is 0.813. The predicted molar refractivity (Wildman–Crippen MR) is 109 cm³/mol. The summed E-state index contributed by atoms with van der Waals surface area (Å²) in [6, 6.07) is 11.5. The Kier molecular flexibility index (Phi) is 4.98. The van der Waals surface area contributed by atoms with E-state index in [1.165, 1.54) is 0 Å². The van der Waals surface area contributed by atoms with Gasteiger partial charge in [0.25, 0.3) is 5.56 Å². The topological polar surface area (TPSA) is 54.8 Å². The lowest BCUT2D eigenvalue weighted by molar-refractivity contribution is -0.134. The zero-order chi connectivity index (χ0) is 19.8. The van der Waals surface area contributed by atoms with E-state index < -0.39 is 0 Å². The first-order valence-corrected chi connectivity index (χ1v) is 9.77. The Labute approximate surface area is 165 Å². The first-order chi connectivity index (χ1) is 13.5. The van der Waals surface area contributed by atoms with Crippen molar-refractivity contribution in [3.63, 3.8) is 0 Å². The van der Waals surface area contributed by atoms with Gasteiger partial charge in [0.15, 0.2) is 0 Å². The van der Waals surface area contributed by atoms with Gasteiger partial charge in [-0.05, 0) is 50.2 Å². The largest absolute Gasteiger partial charge is 0.497 e. The summed E-state index contributed by atoms with van der Waals surface area (Å²) in [4.78, 5) is 29.1. The molecule has 2 aliphatic rings. The highest BCUT2D eigenvalue weighted by molar-refractivity contribution is 5.78. The number of likely N-dealkylation sites (N-methyl/N-ethyl adjacent to an activating group) is 1. The molecule has 1 amide bonds. The fourth-order valence-electron chi connectivity index (χ4n) is 4.60. The van der Waals surface area contributed by atoms with Crippen molar-refractivity contribution in [2.24, 2.45) is 5.92 Å². The Morgan fingerprint density at radius 3 is 2.54 bits per heavy atom. The number of methoxy groups -OCH3 is 1. The molecule has 4 rings (SSSR count). The van der Waals surface area contributed by atoms with Crippen molar-refractivity contribution in [2.45, 2.75) is 18.9 Å². The molecule has 1 saturated heterocycles. The molecule has 2 bridgehead atoms. The van der Waals surface area contributed by atoms with Crippen LogP contribution in [0.2, 0.25) is 0 Å². The molecule has 0 spiro atoms. The van der Waals surface area contributed by atoms with Crippen LogP contribution in [0, 0.1) is 5.92 Å². The Morgan fingerprint density at radius 1 is 1.11 bits per heavy atom. The number of ether oxygens (including phenoxy) is 1. The maximum Gasteiger partial charge on any atom is 0.250 e. The zero-order valence-corrected chi connectivity index (χ0v) is 16.7. The minimum atomic E-state index is 0.0510. The van der Waals surface area contributed by atoms with Gasteiger partial charge in [-0.3, -0.25) is 9.59 Å². The molecule has 6 nitrogen and oxygen atoms in total. The van der Waals surface area contributed by atoms with E-state index in [1.54, 1.807) is 13.2 Å². The molecule has 1 fully saturated rings. The summed E-state index contributed by atoms with van der Waals surface area (Å²) in [5, 5.41) is 0. The van der Waals surface area contributed by atoms with Gasteiger partial charge in [0.2, 0.25) is 5.91 Å². The maximum absolute atomic E-state index is 12.6. The number of hydrogen-bond donors (Lipinski definition) is 0. The lowest BCUT2D eigenvalue weighted by Crippen LogP contribution is -2.51. The molecule has 0 saturated carbocycles. The number of fused-ring (bicyclic) bond motifs is 4. The second kappa shape index (κ2) is 7.43. The van der Waals surface area contributed by atoms with Gasteiger partial charge in [-0.2, -0.15) is 0 Å². The van der Waals surface area contributed by atoms with Gasteiger partial charge >= 0.3 is 0 Å². The van der Waals surface area contributed by atoms with Crippen LogP contribution >= 0.6 is 0 Å². The van der Waals surface area contributed by atoms with Gasteiger partial charge in [0, 0.05) is 42.9 Å². The summed E-state index contributed by atoms with van der Waals surface area (Å²) in [7, 11) is 5.49. The Hall–Kier alpha value is -2.60. The minimum absolute atomic E-state index is 0.0510. The molecular weight excluding hydrogens is 354 g/mol. The summed E-state index contributed by atoms with van der Waals surface area (Å²) in [5.74, 6) is 1.49. The van der Waals surface area contributed by atoms with Crippen molar-refractivity contribution < 1.29 is 9.53 Å². The summed E-state index contributed by atoms with van der Waals surface area (Å²) in [6.07, 6.45) is 1.03. The van der Waals surface area contributed by atoms with Crippen LogP contribution in [-0.2, 0) is 11.3 Å². The van der Waals surface area contributed by atoms with Gasteiger partial charge in [-0.1, -0.05) is 12.1 Å². The van der Waals surface area contributed by atoms with Gasteiger partial charge in [0.1, 0.15) is 5.75 Å². The van der Waals surface area contributed by atoms with Crippen LogP contribution in [0.25, 0.3) is 11.1 Å². The molecule has 2 aliphatic heterocycles. The van der Waals surface area contributed by atoms with Gasteiger partial charge in [-0.25, -0.2) is 0 Å². The number of carbonyl (C=O) groups is 1. The van der Waals surface area contributed by atoms with Crippen LogP contribution in [0.1, 0.15) is 18.0 Å². The van der Waals surface area contributed by atoms with E-state index in [2.05, 4.69) is 0 Å². The van der Waals surface area contributed by atoms with Crippen molar-refractivity contribution in [1.82, 2.24) is 14.4 Å². The smallest absolute Gasteiger partial charge is 0.250 e. The highest BCUT2D eigenvalue weighted by atomic mass is 16.5. The molecule has 1 aromatic heterocycles. The third-order valence-electron chi connectivity index (χ3n) is 5.80. The Balaban J connectivity index is 1.72. The van der Waals surface area contributed by atoms with Crippen LogP contribution < -0.4 is 10.3 Å². The average Bonchev–Trinajstić information content (AvgIpc) is 2.68. The van der Waals surface area contributed by atoms with Crippen LogP contribution in [0.15, 0.2) is 41.2 Å². The molecule has 3 heterocycles. The molecule has 0 radical (unpaired) electrons. The summed E-state index contributed by atoms with van der Waals surface area (Å²) >= 11 is 0. The molecule has 0 aliphatic carbocycles. The van der Waals surface area contributed by atoms with E-state index in [-0.39, 0.29) is 17.4 Å². The molecule has 6 heteroatoms. The molecule has 2 atom stereocenters. The van der Waals surface area contributed by atoms with Gasteiger partial charge in [-0.15, -0.1) is 0 Å². The number of piperidine rings is 1. The Morgan fingerprint density at radius 2 is 1.86 bits per heavy atom. The molecule has 0 N–H and O–H groups in total. The fraction of sp³-hybridized carbons (Fsp3) is 0.455. The number of benzene rings is 1. The van der Waals surface area contributed by atoms with E-state index >= 15 is 0 Å². The number of rotatable bonds is 4. The van der Waals surface area contributed by atoms with Crippen molar-refractivity contribution in [2.75, 3.05) is 40.8 Å². The molecule has 0 unspecified atom stereocenters. The van der Waals surface area contributed by atoms with Gasteiger partial charge in [0.05, 0.1) is 13.7 Å². The number of likely N-dealkylation sites (tertiary alicyclic amines) is 1. The molecule has 28 heavy (non-hydrogen) atoms. The third kappa shape index (κ3) is 3.44. The van der Waals surface area contributed by atoms with Crippen LogP contribution in [0.3, 0.4) is 0 Å². The summed E-state index contributed by atoms with van der Waals surface area (Å²) in [6.45, 7) is 2.52. The number of nitrogens with zero attached hydrogens (tertiary/aromatic N) is 3. The third-order valence-corrected chi connectivity index (χ3v) is 5.80. The summed E-state index contributed by atoms with van der Waals surface area (Å²) < 4.78 is 7.21. The number of amides is 1. The van der Waals surface area contributed by atoms with Crippen LogP contribution in [0.4, 0.5) is 0 Å². The second-order valence-electron chi connectivity index (χ2n) is 8.14. The van der Waals surface area contributed by atoms with Gasteiger partial charge < -0.3 is 19.1 Å². The van der Waals surface area contributed by atoms with E-state index in [1.807, 2.05) is 58.8 Å². The first kappa shape index (κ1) is 18.7. The first-order valence-electron chi connectivity index (χ1n) is 9.77. The monoisotopic (exact) mass is 381 g/mol. The highest BCUT2D eigenvalue weighted by Crippen LogP contribution is 2.40. The number of aromatic nitrogens is 1. The molecule has 1 aromatic carbocycles. The van der Waals surface area contributed by atoms with E-state index in [9.17, 15) is 9.59 Å². The standard InChI is InChI=1S/C22H27N3O3/c1-23(2)14-21(27)24-11-15-10-17(13-24)22-19(8-9-20(26)25(22)12-15)16-4-6-18(28-3)7-5-16/h4-9,15,17H,10-14H2,1-3H3/t15-,17-/m1/s1. The SMILES string of the molecule is COc1ccc(-c2ccc(=O)n3c2[C@@H]2C[C@H](CN(C(=O)CN(C)C)C2)C3)cc1. The summed E-state index contributed by atoms with van der Waals surface area (Å²) in [5.41, 5.74) is 3.26. The van der Waals surface area contributed by atoms with Crippen molar-refractivity contribution in [1.29, 1.82) is 0 Å². The van der Waals surface area contributed by atoms with E-state index in [0.717, 1.165) is 35.5 Å². The lowest BCUT2D eigenvalue weighted by Gasteiger charge is -2.43.